The molecule has 2 unspecified atom stereocenters. The zero-order valence-corrected chi connectivity index (χ0v) is 12.7. The molecule has 0 fully saturated rings. The fraction of sp³-hybridized carbons (Fsp3) is 0.429. The van der Waals surface area contributed by atoms with Crippen LogP contribution in [0.25, 0.3) is 0 Å². The van der Waals surface area contributed by atoms with Gasteiger partial charge in [-0.15, -0.1) is 11.3 Å². The normalized spacial score (nSPS) is 14.9. The summed E-state index contributed by atoms with van der Waals surface area (Å²) in [4.78, 5) is 5.05. The molecule has 2 heterocycles. The van der Waals surface area contributed by atoms with Crippen LogP contribution in [0.3, 0.4) is 0 Å². The fourth-order valence-corrected chi connectivity index (χ4v) is 4.08. The van der Waals surface area contributed by atoms with Crippen molar-refractivity contribution >= 4 is 22.7 Å². The molecule has 98 valence electrons. The highest BCUT2D eigenvalue weighted by Crippen LogP contribution is 2.30. The van der Waals surface area contributed by atoms with Crippen LogP contribution in [0.1, 0.15) is 28.3 Å². The first-order valence-corrected chi connectivity index (χ1v) is 7.87. The van der Waals surface area contributed by atoms with E-state index in [-0.39, 0.29) is 6.04 Å². The molecule has 0 aromatic carbocycles. The number of hydrogen-bond acceptors (Lipinski definition) is 4. The third kappa shape index (κ3) is 3.20. The lowest BCUT2D eigenvalue weighted by molar-refractivity contribution is 0.214. The maximum atomic E-state index is 6.18. The van der Waals surface area contributed by atoms with Crippen LogP contribution in [-0.4, -0.2) is 18.0 Å². The zero-order chi connectivity index (χ0) is 13.1. The molecule has 0 bridgehead atoms. The van der Waals surface area contributed by atoms with E-state index in [2.05, 4.69) is 54.8 Å². The van der Waals surface area contributed by atoms with Crippen molar-refractivity contribution in [2.24, 2.45) is 5.73 Å². The Kier molecular flexibility index (Phi) is 4.56. The van der Waals surface area contributed by atoms with E-state index >= 15 is 0 Å². The molecule has 0 saturated carbocycles. The SMILES string of the molecule is Cc1ccc(C(C(C)N)N(C)Cc2ccsc2)s1. The molecule has 0 aliphatic heterocycles. The Bertz CT molecular complexity index is 474. The Labute approximate surface area is 117 Å². The van der Waals surface area contributed by atoms with E-state index in [9.17, 15) is 0 Å². The molecule has 2 N–H and O–H groups in total. The van der Waals surface area contributed by atoms with Crippen molar-refractivity contribution in [2.75, 3.05) is 7.05 Å². The third-order valence-electron chi connectivity index (χ3n) is 3.04. The van der Waals surface area contributed by atoms with Crippen LogP contribution in [0.4, 0.5) is 0 Å². The van der Waals surface area contributed by atoms with Gasteiger partial charge in [0.15, 0.2) is 0 Å². The number of hydrogen-bond donors (Lipinski definition) is 1. The van der Waals surface area contributed by atoms with Gasteiger partial charge in [0.25, 0.3) is 0 Å². The Hall–Kier alpha value is -0.680. The molecule has 0 radical (unpaired) electrons. The quantitative estimate of drug-likeness (QED) is 0.906. The number of likely N-dealkylation sites (N-methyl/N-ethyl adjacent to an activating group) is 1. The second-order valence-corrected chi connectivity index (χ2v) is 6.90. The van der Waals surface area contributed by atoms with Gasteiger partial charge >= 0.3 is 0 Å². The maximum Gasteiger partial charge on any atom is 0.0591 e. The summed E-state index contributed by atoms with van der Waals surface area (Å²) in [7, 11) is 2.15. The van der Waals surface area contributed by atoms with Crippen LogP contribution in [0, 0.1) is 6.92 Å². The Morgan fingerprint density at radius 3 is 2.61 bits per heavy atom. The summed E-state index contributed by atoms with van der Waals surface area (Å²) < 4.78 is 0. The largest absolute Gasteiger partial charge is 0.326 e. The molecule has 0 aliphatic rings. The average Bonchev–Trinajstić information content (AvgIpc) is 2.90. The highest BCUT2D eigenvalue weighted by Gasteiger charge is 2.22. The zero-order valence-electron chi connectivity index (χ0n) is 11.1. The van der Waals surface area contributed by atoms with Gasteiger partial charge in [-0.3, -0.25) is 4.90 Å². The summed E-state index contributed by atoms with van der Waals surface area (Å²) in [5.41, 5.74) is 7.54. The van der Waals surface area contributed by atoms with Crippen molar-refractivity contribution in [3.63, 3.8) is 0 Å². The first-order valence-electron chi connectivity index (χ1n) is 6.11. The molecule has 0 saturated heterocycles. The Morgan fingerprint density at radius 2 is 2.11 bits per heavy atom. The second kappa shape index (κ2) is 5.97. The van der Waals surface area contributed by atoms with Crippen molar-refractivity contribution < 1.29 is 0 Å². The Morgan fingerprint density at radius 1 is 1.33 bits per heavy atom. The predicted octanol–water partition coefficient (Wildman–Crippen LogP) is 3.64. The van der Waals surface area contributed by atoms with Gasteiger partial charge in [0.1, 0.15) is 0 Å². The van der Waals surface area contributed by atoms with Gasteiger partial charge < -0.3 is 5.73 Å². The summed E-state index contributed by atoms with van der Waals surface area (Å²) in [6, 6.07) is 6.99. The summed E-state index contributed by atoms with van der Waals surface area (Å²) in [6.45, 7) is 5.18. The monoisotopic (exact) mass is 280 g/mol. The van der Waals surface area contributed by atoms with Gasteiger partial charge in [-0.2, -0.15) is 11.3 Å². The highest BCUT2D eigenvalue weighted by molar-refractivity contribution is 7.12. The molecule has 0 amide bonds. The first-order chi connectivity index (χ1) is 8.58. The predicted molar refractivity (Wildman–Crippen MR) is 81.2 cm³/mol. The molecule has 4 heteroatoms. The maximum absolute atomic E-state index is 6.18. The van der Waals surface area contributed by atoms with Crippen LogP contribution in [-0.2, 0) is 6.54 Å². The molecule has 0 spiro atoms. The van der Waals surface area contributed by atoms with Crippen molar-refractivity contribution in [1.29, 1.82) is 0 Å². The highest BCUT2D eigenvalue weighted by atomic mass is 32.1. The standard InChI is InChI=1S/C14H20N2S2/c1-10-4-5-13(18-10)14(11(2)15)16(3)8-12-6-7-17-9-12/h4-7,9,11,14H,8,15H2,1-3H3. The lowest BCUT2D eigenvalue weighted by atomic mass is 10.1. The molecule has 2 rings (SSSR count). The van der Waals surface area contributed by atoms with Gasteiger partial charge in [-0.05, 0) is 55.4 Å². The smallest absolute Gasteiger partial charge is 0.0591 e. The summed E-state index contributed by atoms with van der Waals surface area (Å²) >= 11 is 3.59. The molecule has 2 atom stereocenters. The number of rotatable bonds is 5. The van der Waals surface area contributed by atoms with Crippen LogP contribution < -0.4 is 5.73 Å². The first kappa shape index (κ1) is 13.7. The molecule has 2 aromatic heterocycles. The van der Waals surface area contributed by atoms with Gasteiger partial charge in [0.2, 0.25) is 0 Å². The van der Waals surface area contributed by atoms with E-state index in [4.69, 9.17) is 5.73 Å². The molecular weight excluding hydrogens is 260 g/mol. The van der Waals surface area contributed by atoms with E-state index in [1.807, 2.05) is 11.3 Å². The van der Waals surface area contributed by atoms with E-state index in [0.29, 0.717) is 6.04 Å². The summed E-state index contributed by atoms with van der Waals surface area (Å²) in [5, 5.41) is 4.33. The lowest BCUT2D eigenvalue weighted by Gasteiger charge is -2.30. The average molecular weight is 280 g/mol. The van der Waals surface area contributed by atoms with E-state index in [1.54, 1.807) is 11.3 Å². The summed E-state index contributed by atoms with van der Waals surface area (Å²) in [5.74, 6) is 0. The minimum atomic E-state index is 0.131. The van der Waals surface area contributed by atoms with Crippen LogP contribution >= 0.6 is 22.7 Å². The van der Waals surface area contributed by atoms with Crippen molar-refractivity contribution in [3.8, 4) is 0 Å². The number of nitrogens with two attached hydrogens (primary N) is 1. The van der Waals surface area contributed by atoms with E-state index in [1.165, 1.54) is 15.3 Å². The van der Waals surface area contributed by atoms with Crippen LogP contribution in [0.5, 0.6) is 0 Å². The van der Waals surface area contributed by atoms with Gasteiger partial charge in [-0.25, -0.2) is 0 Å². The molecule has 2 nitrogen and oxygen atoms in total. The lowest BCUT2D eigenvalue weighted by Crippen LogP contribution is -2.36. The molecule has 18 heavy (non-hydrogen) atoms. The van der Waals surface area contributed by atoms with Gasteiger partial charge in [-0.1, -0.05) is 0 Å². The topological polar surface area (TPSA) is 29.3 Å². The molecule has 0 aliphatic carbocycles. The van der Waals surface area contributed by atoms with Crippen molar-refractivity contribution in [3.05, 3.63) is 44.3 Å². The minimum absolute atomic E-state index is 0.131. The minimum Gasteiger partial charge on any atom is -0.326 e. The van der Waals surface area contributed by atoms with Crippen molar-refractivity contribution in [1.82, 2.24) is 4.90 Å². The number of nitrogens with zero attached hydrogens (tertiary/aromatic N) is 1. The summed E-state index contributed by atoms with van der Waals surface area (Å²) in [6.07, 6.45) is 0. The number of thiophene rings is 2. The third-order valence-corrected chi connectivity index (χ3v) is 4.84. The van der Waals surface area contributed by atoms with E-state index < -0.39 is 0 Å². The molecule has 2 aromatic rings. The Balaban J connectivity index is 2.15. The molecular formula is C14H20N2S2. The number of aryl methyl sites for hydroxylation is 1. The fourth-order valence-electron chi connectivity index (χ4n) is 2.26. The van der Waals surface area contributed by atoms with Gasteiger partial charge in [0, 0.05) is 22.3 Å². The van der Waals surface area contributed by atoms with Crippen molar-refractivity contribution in [2.45, 2.75) is 32.5 Å². The van der Waals surface area contributed by atoms with Gasteiger partial charge in [0.05, 0.1) is 6.04 Å². The van der Waals surface area contributed by atoms with E-state index in [0.717, 1.165) is 6.54 Å². The van der Waals surface area contributed by atoms with Crippen LogP contribution in [0.15, 0.2) is 29.0 Å². The van der Waals surface area contributed by atoms with Crippen LogP contribution in [0.2, 0.25) is 0 Å². The second-order valence-electron chi connectivity index (χ2n) is 4.80.